The number of methoxy groups -OCH3 is 1. The van der Waals surface area contributed by atoms with Crippen molar-refractivity contribution in [2.45, 2.75) is 11.5 Å². The van der Waals surface area contributed by atoms with Gasteiger partial charge in [-0.3, -0.25) is 10.2 Å². The van der Waals surface area contributed by atoms with Gasteiger partial charge in [0.15, 0.2) is 11.5 Å². The molecule has 0 amide bonds. The number of rotatable bonds is 5. The normalized spacial score (nSPS) is 14.0. The lowest BCUT2D eigenvalue weighted by Gasteiger charge is -2.11. The first kappa shape index (κ1) is 17.8. The Morgan fingerprint density at radius 2 is 1.93 bits per heavy atom. The van der Waals surface area contributed by atoms with Crippen molar-refractivity contribution in [3.05, 3.63) is 65.0 Å². The summed E-state index contributed by atoms with van der Waals surface area (Å²) in [5.41, 5.74) is 3.49. The maximum atomic E-state index is 13.1. The number of benzene rings is 2. The number of carbonyl (C=O) groups excluding carboxylic acids is 1. The minimum atomic E-state index is -0.377. The van der Waals surface area contributed by atoms with E-state index in [1.807, 2.05) is 24.3 Å². The van der Waals surface area contributed by atoms with Crippen LogP contribution in [-0.2, 0) is 11.5 Å². The van der Waals surface area contributed by atoms with Gasteiger partial charge in [0.25, 0.3) is 0 Å². The highest BCUT2D eigenvalue weighted by Crippen LogP contribution is 2.35. The quantitative estimate of drug-likeness (QED) is 0.514. The molecule has 0 fully saturated rings. The Bertz CT molecular complexity index is 1140. The lowest BCUT2D eigenvalue weighted by atomic mass is 10.0. The molecule has 0 saturated carbocycles. The van der Waals surface area contributed by atoms with Crippen LogP contribution in [0.3, 0.4) is 0 Å². The lowest BCUT2D eigenvalue weighted by Crippen LogP contribution is -2.20. The standard InChI is InChI=1S/C21H17N3O4S/c1-26-14-5-3-13(4-6-14)24-20(15-9-29-10-16(15)23-24)19(22)21(25)12-2-7-17-18(8-12)28-11-27-17/h2-8,22H,9-11H2,1H3. The summed E-state index contributed by atoms with van der Waals surface area (Å²) < 4.78 is 17.6. The van der Waals surface area contributed by atoms with Crippen LogP contribution >= 0.6 is 11.8 Å². The summed E-state index contributed by atoms with van der Waals surface area (Å²) in [7, 11) is 1.61. The largest absolute Gasteiger partial charge is 0.497 e. The van der Waals surface area contributed by atoms with Gasteiger partial charge >= 0.3 is 0 Å². The molecule has 0 radical (unpaired) electrons. The Hall–Kier alpha value is -3.26. The minimum Gasteiger partial charge on any atom is -0.497 e. The minimum absolute atomic E-state index is 0.0871. The van der Waals surface area contributed by atoms with Crippen LogP contribution in [0.25, 0.3) is 5.69 Å². The molecule has 1 aromatic heterocycles. The van der Waals surface area contributed by atoms with E-state index in [0.29, 0.717) is 22.8 Å². The summed E-state index contributed by atoms with van der Waals surface area (Å²) in [5, 5.41) is 13.4. The van der Waals surface area contributed by atoms with Gasteiger partial charge in [-0.05, 0) is 42.5 Å². The number of ether oxygens (including phenoxy) is 3. The Morgan fingerprint density at radius 1 is 1.14 bits per heavy atom. The maximum absolute atomic E-state index is 13.1. The number of fused-ring (bicyclic) bond motifs is 2. The van der Waals surface area contributed by atoms with Crippen LogP contribution < -0.4 is 14.2 Å². The molecule has 0 atom stereocenters. The van der Waals surface area contributed by atoms with Gasteiger partial charge in [-0.15, -0.1) is 0 Å². The molecule has 5 rings (SSSR count). The van der Waals surface area contributed by atoms with E-state index in [0.717, 1.165) is 34.2 Å². The van der Waals surface area contributed by atoms with Crippen molar-refractivity contribution >= 4 is 23.3 Å². The van der Waals surface area contributed by atoms with Gasteiger partial charge in [-0.25, -0.2) is 4.68 Å². The Kier molecular flexibility index (Phi) is 4.28. The number of nitrogens with zero attached hydrogens (tertiary/aromatic N) is 2. The van der Waals surface area contributed by atoms with Crippen molar-refractivity contribution in [2.75, 3.05) is 13.9 Å². The first-order chi connectivity index (χ1) is 14.2. The second-order valence-corrected chi connectivity index (χ2v) is 7.63. The van der Waals surface area contributed by atoms with Crippen LogP contribution in [0.2, 0.25) is 0 Å². The van der Waals surface area contributed by atoms with E-state index in [-0.39, 0.29) is 18.3 Å². The summed E-state index contributed by atoms with van der Waals surface area (Å²) in [5.74, 6) is 2.99. The third-order valence-corrected chi connectivity index (χ3v) is 5.94. The molecule has 0 unspecified atom stereocenters. The first-order valence-electron chi connectivity index (χ1n) is 9.02. The molecule has 2 aromatic carbocycles. The van der Waals surface area contributed by atoms with Gasteiger partial charge in [-0.1, -0.05) is 0 Å². The van der Waals surface area contributed by atoms with Crippen molar-refractivity contribution < 1.29 is 19.0 Å². The average molecular weight is 407 g/mol. The number of aromatic nitrogens is 2. The molecule has 29 heavy (non-hydrogen) atoms. The van der Waals surface area contributed by atoms with E-state index < -0.39 is 0 Å². The van der Waals surface area contributed by atoms with Crippen LogP contribution in [0.5, 0.6) is 17.2 Å². The van der Waals surface area contributed by atoms with Crippen LogP contribution in [-0.4, -0.2) is 35.2 Å². The van der Waals surface area contributed by atoms with E-state index >= 15 is 0 Å². The fourth-order valence-corrected chi connectivity index (χ4v) is 4.50. The highest BCUT2D eigenvalue weighted by molar-refractivity contribution is 7.98. The van der Waals surface area contributed by atoms with E-state index in [4.69, 9.17) is 19.6 Å². The van der Waals surface area contributed by atoms with Gasteiger partial charge in [0.05, 0.1) is 18.5 Å². The molecule has 2 aliphatic rings. The van der Waals surface area contributed by atoms with Gasteiger partial charge < -0.3 is 14.2 Å². The van der Waals surface area contributed by atoms with Crippen molar-refractivity contribution in [3.63, 3.8) is 0 Å². The summed E-state index contributed by atoms with van der Waals surface area (Å²) in [6.45, 7) is 0.138. The molecule has 1 N–H and O–H groups in total. The van der Waals surface area contributed by atoms with E-state index in [1.54, 1.807) is 41.8 Å². The maximum Gasteiger partial charge on any atom is 0.231 e. The smallest absolute Gasteiger partial charge is 0.231 e. The molecule has 3 heterocycles. The molecular formula is C21H17N3O4S. The van der Waals surface area contributed by atoms with Crippen molar-refractivity contribution in [1.29, 1.82) is 5.41 Å². The summed E-state index contributed by atoms with van der Waals surface area (Å²) in [4.78, 5) is 13.1. The number of thioether (sulfide) groups is 1. The second kappa shape index (κ2) is 6.97. The fraction of sp³-hybridized carbons (Fsp3) is 0.190. The van der Waals surface area contributed by atoms with Crippen molar-refractivity contribution in [1.82, 2.24) is 9.78 Å². The highest BCUT2D eigenvalue weighted by Gasteiger charge is 2.30. The Balaban J connectivity index is 1.56. The molecule has 0 saturated heterocycles. The number of ketones is 1. The topological polar surface area (TPSA) is 86.4 Å². The van der Waals surface area contributed by atoms with Crippen LogP contribution in [0.4, 0.5) is 0 Å². The SMILES string of the molecule is COc1ccc(-n2nc3c(c2C(=N)C(=O)c2ccc4c(c2)OCO4)CSC3)cc1. The van der Waals surface area contributed by atoms with Gasteiger partial charge in [0, 0.05) is 22.6 Å². The average Bonchev–Trinajstić information content (AvgIpc) is 3.47. The monoisotopic (exact) mass is 407 g/mol. The Labute approximate surface area is 171 Å². The zero-order valence-electron chi connectivity index (χ0n) is 15.6. The Morgan fingerprint density at radius 3 is 2.72 bits per heavy atom. The molecule has 146 valence electrons. The van der Waals surface area contributed by atoms with E-state index in [9.17, 15) is 4.79 Å². The number of hydrogen-bond acceptors (Lipinski definition) is 7. The summed E-state index contributed by atoms with van der Waals surface area (Å²) in [6, 6.07) is 12.4. The molecular weight excluding hydrogens is 390 g/mol. The third kappa shape index (κ3) is 2.96. The van der Waals surface area contributed by atoms with Gasteiger partial charge in [0.2, 0.25) is 12.6 Å². The summed E-state index contributed by atoms with van der Waals surface area (Å²) >= 11 is 1.73. The molecule has 0 spiro atoms. The van der Waals surface area contributed by atoms with E-state index in [2.05, 4.69) is 5.10 Å². The zero-order chi connectivity index (χ0) is 20.0. The predicted molar refractivity (Wildman–Crippen MR) is 109 cm³/mol. The predicted octanol–water partition coefficient (Wildman–Crippen LogP) is 3.61. The van der Waals surface area contributed by atoms with Crippen LogP contribution in [0, 0.1) is 5.41 Å². The first-order valence-corrected chi connectivity index (χ1v) is 10.2. The van der Waals surface area contributed by atoms with Crippen molar-refractivity contribution in [2.24, 2.45) is 0 Å². The van der Waals surface area contributed by atoms with E-state index in [1.165, 1.54) is 0 Å². The molecule has 8 heteroatoms. The molecule has 2 aliphatic heterocycles. The summed E-state index contributed by atoms with van der Waals surface area (Å²) in [6.07, 6.45) is 0. The van der Waals surface area contributed by atoms with Crippen molar-refractivity contribution in [3.8, 4) is 22.9 Å². The number of hydrogen-bond donors (Lipinski definition) is 1. The number of carbonyl (C=O) groups is 1. The van der Waals surface area contributed by atoms with Crippen LogP contribution in [0.15, 0.2) is 42.5 Å². The number of nitrogens with one attached hydrogen (secondary N) is 1. The number of Topliss-reactive ketones (excluding diaryl/α,β-unsaturated/α-hetero) is 1. The highest BCUT2D eigenvalue weighted by atomic mass is 32.2. The molecule has 0 aliphatic carbocycles. The van der Waals surface area contributed by atoms with Crippen LogP contribution in [0.1, 0.15) is 27.3 Å². The lowest BCUT2D eigenvalue weighted by molar-refractivity contribution is 0.106. The molecule has 7 nitrogen and oxygen atoms in total. The molecule has 0 bridgehead atoms. The second-order valence-electron chi connectivity index (χ2n) is 6.65. The zero-order valence-corrected chi connectivity index (χ0v) is 16.4. The molecule has 3 aromatic rings. The fourth-order valence-electron chi connectivity index (χ4n) is 3.47. The van der Waals surface area contributed by atoms with Gasteiger partial charge in [0.1, 0.15) is 17.2 Å². The third-order valence-electron chi connectivity index (χ3n) is 4.97. The van der Waals surface area contributed by atoms with Gasteiger partial charge in [-0.2, -0.15) is 16.9 Å².